The molecule has 0 N–H and O–H groups in total. The molecular weight excluding hydrogens is 237 g/mol. The number of ether oxygens (including phenoxy) is 1. The summed E-state index contributed by atoms with van der Waals surface area (Å²) in [4.78, 5) is 11.3. The van der Waals surface area contributed by atoms with Gasteiger partial charge in [0.2, 0.25) is 0 Å². The number of benzene rings is 1. The van der Waals surface area contributed by atoms with Gasteiger partial charge in [-0.2, -0.15) is 0 Å². The zero-order valence-electron chi connectivity index (χ0n) is 8.27. The van der Waals surface area contributed by atoms with Crippen LogP contribution in [-0.4, -0.2) is 61.8 Å². The molecule has 0 radical (unpaired) electrons. The fourth-order valence-electron chi connectivity index (χ4n) is 1.22. The van der Waals surface area contributed by atoms with Crippen LogP contribution in [0.15, 0.2) is 24.5 Å². The Morgan fingerprint density at radius 1 is 1.47 bits per heavy atom. The van der Waals surface area contributed by atoms with E-state index in [4.69, 9.17) is 4.74 Å². The van der Waals surface area contributed by atoms with Crippen LogP contribution in [0.25, 0.3) is 5.69 Å². The summed E-state index contributed by atoms with van der Waals surface area (Å²) >= 11 is 0. The van der Waals surface area contributed by atoms with E-state index in [1.54, 1.807) is 0 Å². The first-order valence-electron chi connectivity index (χ1n) is 4.28. The molecule has 0 saturated carbocycles. The van der Waals surface area contributed by atoms with Gasteiger partial charge < -0.3 is 4.74 Å². The summed E-state index contributed by atoms with van der Waals surface area (Å²) in [5.41, 5.74) is 0.436. The monoisotopic (exact) mass is 245 g/mol. The Kier molecular flexibility index (Phi) is 4.55. The normalized spacial score (nSPS) is 9.47. The van der Waals surface area contributed by atoms with Crippen molar-refractivity contribution in [1.82, 2.24) is 20.2 Å². The van der Waals surface area contributed by atoms with Gasteiger partial charge >= 0.3 is 29.6 Å². The maximum absolute atomic E-state index is 10.6. The van der Waals surface area contributed by atoms with Crippen LogP contribution in [0, 0.1) is 10.1 Å². The van der Waals surface area contributed by atoms with E-state index >= 15 is 0 Å². The molecule has 0 atom stereocenters. The number of hydrogen-bond donors (Lipinski definition) is 0. The second-order valence-electron chi connectivity index (χ2n) is 2.84. The fraction of sp³-hybridized carbons (Fsp3) is 0.125. The van der Waals surface area contributed by atoms with E-state index in [0.717, 1.165) is 0 Å². The zero-order valence-corrected chi connectivity index (χ0v) is 8.27. The van der Waals surface area contributed by atoms with Crippen LogP contribution in [-0.2, 0) is 0 Å². The van der Waals surface area contributed by atoms with Gasteiger partial charge in [-0.05, 0) is 11.3 Å². The molecule has 2 aromatic rings. The molecule has 9 heteroatoms. The molecule has 17 heavy (non-hydrogen) atoms. The molecule has 1 aromatic carbocycles. The van der Waals surface area contributed by atoms with Crippen LogP contribution in [0.4, 0.5) is 5.69 Å². The van der Waals surface area contributed by atoms with E-state index in [-0.39, 0.29) is 35.2 Å². The standard InChI is InChI=1S/C8H7N5O3.Na.H/c1-16-8-4-6(13(14)15)2-3-7(8)12-10-5-9-11-12;;/h2-5H,1H3;;. The first-order valence-corrected chi connectivity index (χ1v) is 4.28. The van der Waals surface area contributed by atoms with Gasteiger partial charge in [0.1, 0.15) is 5.69 Å². The van der Waals surface area contributed by atoms with Crippen molar-refractivity contribution in [2.24, 2.45) is 0 Å². The molecule has 2 rings (SSSR count). The molecule has 0 aliphatic heterocycles. The van der Waals surface area contributed by atoms with Crippen molar-refractivity contribution in [1.29, 1.82) is 0 Å². The SMILES string of the molecule is COc1cc([N+](=O)[O-])ccc1-n1ncnn1.[NaH]. The average Bonchev–Trinajstić information content (AvgIpc) is 2.81. The second kappa shape index (κ2) is 5.71. The van der Waals surface area contributed by atoms with Gasteiger partial charge in [0.15, 0.2) is 12.1 Å². The summed E-state index contributed by atoms with van der Waals surface area (Å²) in [6, 6.07) is 4.15. The summed E-state index contributed by atoms with van der Waals surface area (Å²) in [7, 11) is 1.42. The van der Waals surface area contributed by atoms with Gasteiger partial charge in [-0.3, -0.25) is 10.1 Å². The summed E-state index contributed by atoms with van der Waals surface area (Å²) in [6.07, 6.45) is 1.26. The molecule has 1 heterocycles. The van der Waals surface area contributed by atoms with Crippen LogP contribution in [0.3, 0.4) is 0 Å². The Hall–Kier alpha value is -1.51. The molecule has 0 aliphatic rings. The fourth-order valence-corrected chi connectivity index (χ4v) is 1.22. The van der Waals surface area contributed by atoms with Crippen molar-refractivity contribution < 1.29 is 9.66 Å². The molecule has 0 spiro atoms. The minimum atomic E-state index is -0.499. The van der Waals surface area contributed by atoms with E-state index in [0.29, 0.717) is 11.4 Å². The van der Waals surface area contributed by atoms with Crippen molar-refractivity contribution >= 4 is 35.2 Å². The zero-order chi connectivity index (χ0) is 11.5. The third-order valence-electron chi connectivity index (χ3n) is 1.94. The number of rotatable bonds is 3. The van der Waals surface area contributed by atoms with Crippen molar-refractivity contribution in [3.8, 4) is 11.4 Å². The summed E-state index contributed by atoms with van der Waals surface area (Å²) < 4.78 is 5.03. The third-order valence-corrected chi connectivity index (χ3v) is 1.94. The van der Waals surface area contributed by atoms with Crippen LogP contribution < -0.4 is 4.74 Å². The topological polar surface area (TPSA) is 96.0 Å². The number of nitro groups is 1. The summed E-state index contributed by atoms with van der Waals surface area (Å²) in [6.45, 7) is 0. The van der Waals surface area contributed by atoms with Gasteiger partial charge in [0.25, 0.3) is 5.69 Å². The molecule has 84 valence electrons. The van der Waals surface area contributed by atoms with Crippen molar-refractivity contribution in [2.45, 2.75) is 0 Å². The van der Waals surface area contributed by atoms with Crippen molar-refractivity contribution in [3.05, 3.63) is 34.6 Å². The Bertz CT molecular complexity index is 516. The van der Waals surface area contributed by atoms with Crippen LogP contribution in [0.2, 0.25) is 0 Å². The predicted molar refractivity (Wildman–Crippen MR) is 59.5 cm³/mol. The molecule has 0 amide bonds. The molecule has 0 saturated heterocycles. The van der Waals surface area contributed by atoms with E-state index in [2.05, 4.69) is 15.4 Å². The van der Waals surface area contributed by atoms with E-state index in [1.165, 1.54) is 36.4 Å². The van der Waals surface area contributed by atoms with Crippen molar-refractivity contribution in [2.75, 3.05) is 7.11 Å². The quantitative estimate of drug-likeness (QED) is 0.426. The van der Waals surface area contributed by atoms with Gasteiger partial charge in [-0.1, -0.05) is 0 Å². The molecule has 0 fully saturated rings. The van der Waals surface area contributed by atoms with Gasteiger partial charge in [-0.25, -0.2) is 0 Å². The number of nitro benzene ring substituents is 1. The summed E-state index contributed by atoms with van der Waals surface area (Å²) in [5, 5.41) is 21.6. The number of non-ortho nitro benzene ring substituents is 1. The molecule has 0 unspecified atom stereocenters. The molecule has 0 aliphatic carbocycles. The molecule has 8 nitrogen and oxygen atoms in total. The first kappa shape index (κ1) is 13.6. The molecule has 0 bridgehead atoms. The van der Waals surface area contributed by atoms with Crippen molar-refractivity contribution in [3.63, 3.8) is 0 Å². The van der Waals surface area contributed by atoms with Crippen LogP contribution in [0.1, 0.15) is 0 Å². The van der Waals surface area contributed by atoms with E-state index in [1.807, 2.05) is 0 Å². The van der Waals surface area contributed by atoms with Crippen LogP contribution >= 0.6 is 0 Å². The number of hydrogen-bond acceptors (Lipinski definition) is 6. The Labute approximate surface area is 118 Å². The maximum atomic E-state index is 10.6. The summed E-state index contributed by atoms with van der Waals surface area (Å²) in [5.74, 6) is 0.312. The van der Waals surface area contributed by atoms with Crippen LogP contribution in [0.5, 0.6) is 5.75 Å². The number of aromatic nitrogens is 4. The second-order valence-corrected chi connectivity index (χ2v) is 2.84. The number of nitrogens with zero attached hydrogens (tertiary/aromatic N) is 5. The van der Waals surface area contributed by atoms with Gasteiger partial charge in [0, 0.05) is 6.07 Å². The van der Waals surface area contributed by atoms with E-state index < -0.39 is 4.92 Å². The van der Waals surface area contributed by atoms with Gasteiger partial charge in [-0.15, -0.1) is 15.0 Å². The molecular formula is C8H8N5NaO3. The third kappa shape index (κ3) is 2.78. The first-order chi connectivity index (χ1) is 7.72. The van der Waals surface area contributed by atoms with E-state index in [9.17, 15) is 10.1 Å². The number of tetrazole rings is 1. The molecule has 1 aromatic heterocycles. The minimum absolute atomic E-state index is 0. The average molecular weight is 245 g/mol. The number of methoxy groups -OCH3 is 1. The predicted octanol–water partition coefficient (Wildman–Crippen LogP) is -0.0694. The Morgan fingerprint density at radius 2 is 2.24 bits per heavy atom. The Balaban J connectivity index is 0.00000144. The Morgan fingerprint density at radius 3 is 2.76 bits per heavy atom. The van der Waals surface area contributed by atoms with Gasteiger partial charge in [0.05, 0.1) is 18.1 Å².